The Balaban J connectivity index is 2.60. The first kappa shape index (κ1) is 11.7. The van der Waals surface area contributed by atoms with Crippen LogP contribution in [0, 0.1) is 13.7 Å². The molecule has 0 amide bonds. The highest BCUT2D eigenvalue weighted by atomic mass is 127. The summed E-state index contributed by atoms with van der Waals surface area (Å²) in [5.74, 6) is 0.573. The van der Waals surface area contributed by atoms with Crippen LogP contribution < -0.4 is 5.73 Å². The van der Waals surface area contributed by atoms with E-state index in [1.165, 1.54) is 12.3 Å². The molecule has 0 aliphatic heterocycles. The standard InChI is InChI=1S/C10H7IN4O2/c11-7-5-13-10(14-9(7)12)6-3-1-2-4-8(6)15(16)17/h1-5H,(H2,12,13,14). The van der Waals surface area contributed by atoms with Gasteiger partial charge >= 0.3 is 0 Å². The van der Waals surface area contributed by atoms with Crippen molar-refractivity contribution in [2.24, 2.45) is 0 Å². The molecular formula is C10H7IN4O2. The van der Waals surface area contributed by atoms with Crippen molar-refractivity contribution in [3.8, 4) is 11.4 Å². The molecule has 1 heterocycles. The quantitative estimate of drug-likeness (QED) is 0.513. The van der Waals surface area contributed by atoms with E-state index in [1.54, 1.807) is 18.2 Å². The third-order valence-electron chi connectivity index (χ3n) is 2.11. The minimum absolute atomic E-state index is 0.0342. The first-order valence-electron chi connectivity index (χ1n) is 4.61. The van der Waals surface area contributed by atoms with E-state index in [2.05, 4.69) is 9.97 Å². The second-order valence-electron chi connectivity index (χ2n) is 3.20. The molecule has 17 heavy (non-hydrogen) atoms. The molecule has 0 aliphatic carbocycles. The summed E-state index contributed by atoms with van der Waals surface area (Å²) in [6.07, 6.45) is 1.54. The molecule has 2 N–H and O–H groups in total. The molecule has 0 fully saturated rings. The number of hydrogen-bond donors (Lipinski definition) is 1. The third-order valence-corrected chi connectivity index (χ3v) is 2.94. The van der Waals surface area contributed by atoms with Gasteiger partial charge in [0.25, 0.3) is 5.69 Å². The zero-order valence-electron chi connectivity index (χ0n) is 8.50. The van der Waals surface area contributed by atoms with Crippen molar-refractivity contribution in [1.29, 1.82) is 0 Å². The molecule has 0 radical (unpaired) electrons. The van der Waals surface area contributed by atoms with E-state index in [-0.39, 0.29) is 11.5 Å². The molecule has 0 spiro atoms. The van der Waals surface area contributed by atoms with Crippen LogP contribution in [0.25, 0.3) is 11.4 Å². The van der Waals surface area contributed by atoms with Gasteiger partial charge in [0.15, 0.2) is 5.82 Å². The topological polar surface area (TPSA) is 94.9 Å². The predicted molar refractivity (Wildman–Crippen MR) is 71.3 cm³/mol. The van der Waals surface area contributed by atoms with Crippen molar-refractivity contribution in [2.75, 3.05) is 5.73 Å². The van der Waals surface area contributed by atoms with Crippen molar-refractivity contribution in [3.63, 3.8) is 0 Å². The number of benzene rings is 1. The number of anilines is 1. The lowest BCUT2D eigenvalue weighted by molar-refractivity contribution is -0.384. The maximum atomic E-state index is 10.9. The Morgan fingerprint density at radius 2 is 2.06 bits per heavy atom. The van der Waals surface area contributed by atoms with Gasteiger partial charge in [0.1, 0.15) is 5.82 Å². The van der Waals surface area contributed by atoms with Crippen molar-refractivity contribution < 1.29 is 4.92 Å². The zero-order chi connectivity index (χ0) is 12.4. The Morgan fingerprint density at radius 1 is 1.35 bits per heavy atom. The molecule has 1 aromatic heterocycles. The van der Waals surface area contributed by atoms with Crippen molar-refractivity contribution in [2.45, 2.75) is 0 Å². The van der Waals surface area contributed by atoms with E-state index in [0.717, 1.165) is 0 Å². The number of nitrogens with zero attached hydrogens (tertiary/aromatic N) is 3. The van der Waals surface area contributed by atoms with Gasteiger partial charge in [-0.25, -0.2) is 9.97 Å². The molecule has 0 unspecified atom stereocenters. The summed E-state index contributed by atoms with van der Waals surface area (Å²) in [7, 11) is 0. The first-order valence-corrected chi connectivity index (χ1v) is 5.69. The van der Waals surface area contributed by atoms with Gasteiger partial charge in [-0.2, -0.15) is 0 Å². The minimum atomic E-state index is -0.465. The highest BCUT2D eigenvalue weighted by Gasteiger charge is 2.16. The Morgan fingerprint density at radius 3 is 2.71 bits per heavy atom. The van der Waals surface area contributed by atoms with Crippen LogP contribution in [-0.4, -0.2) is 14.9 Å². The summed E-state index contributed by atoms with van der Waals surface area (Å²) >= 11 is 2.00. The summed E-state index contributed by atoms with van der Waals surface area (Å²) in [4.78, 5) is 18.5. The highest BCUT2D eigenvalue weighted by molar-refractivity contribution is 14.1. The molecule has 0 saturated heterocycles. The number of nitro benzene ring substituents is 1. The van der Waals surface area contributed by atoms with Crippen LogP contribution >= 0.6 is 22.6 Å². The molecule has 86 valence electrons. The molecule has 2 rings (SSSR count). The van der Waals surface area contributed by atoms with Crippen molar-refractivity contribution >= 4 is 34.1 Å². The summed E-state index contributed by atoms with van der Waals surface area (Å²) in [5.41, 5.74) is 5.98. The van der Waals surface area contributed by atoms with Gasteiger partial charge in [-0.1, -0.05) is 12.1 Å². The largest absolute Gasteiger partial charge is 0.383 e. The number of hydrogen-bond acceptors (Lipinski definition) is 5. The van der Waals surface area contributed by atoms with Gasteiger partial charge in [0.2, 0.25) is 0 Å². The maximum absolute atomic E-state index is 10.9. The molecular weight excluding hydrogens is 335 g/mol. The van der Waals surface area contributed by atoms with Crippen LogP contribution in [0.2, 0.25) is 0 Å². The molecule has 6 nitrogen and oxygen atoms in total. The lowest BCUT2D eigenvalue weighted by atomic mass is 10.1. The molecule has 2 aromatic rings. The predicted octanol–water partition coefficient (Wildman–Crippen LogP) is 2.24. The fraction of sp³-hybridized carbons (Fsp3) is 0. The smallest absolute Gasteiger partial charge is 0.280 e. The number of nitrogens with two attached hydrogens (primary N) is 1. The minimum Gasteiger partial charge on any atom is -0.383 e. The fourth-order valence-corrected chi connectivity index (χ4v) is 1.59. The van der Waals surface area contributed by atoms with Crippen LogP contribution in [0.3, 0.4) is 0 Å². The van der Waals surface area contributed by atoms with Gasteiger partial charge in [0, 0.05) is 12.3 Å². The van der Waals surface area contributed by atoms with Crippen molar-refractivity contribution in [1.82, 2.24) is 9.97 Å². The van der Waals surface area contributed by atoms with Crippen LogP contribution in [-0.2, 0) is 0 Å². The number of halogens is 1. The van der Waals surface area contributed by atoms with E-state index in [0.29, 0.717) is 15.0 Å². The second kappa shape index (κ2) is 4.62. The average Bonchev–Trinajstić information content (AvgIpc) is 2.32. The van der Waals surface area contributed by atoms with Crippen LogP contribution in [0.1, 0.15) is 0 Å². The number of rotatable bonds is 2. The molecule has 1 aromatic carbocycles. The summed E-state index contributed by atoms with van der Waals surface area (Å²) < 4.78 is 0.713. The van der Waals surface area contributed by atoms with Crippen molar-refractivity contribution in [3.05, 3.63) is 44.1 Å². The lowest BCUT2D eigenvalue weighted by Crippen LogP contribution is -2.00. The van der Waals surface area contributed by atoms with Crippen LogP contribution in [0.5, 0.6) is 0 Å². The average molecular weight is 342 g/mol. The molecule has 7 heteroatoms. The number of nitrogen functional groups attached to an aromatic ring is 1. The number of para-hydroxylation sites is 1. The van der Waals surface area contributed by atoms with Gasteiger partial charge in [-0.05, 0) is 28.7 Å². The monoisotopic (exact) mass is 342 g/mol. The number of aromatic nitrogens is 2. The lowest BCUT2D eigenvalue weighted by Gasteiger charge is -2.03. The van der Waals surface area contributed by atoms with Crippen LogP contribution in [0.4, 0.5) is 11.5 Å². The van der Waals surface area contributed by atoms with E-state index in [1.807, 2.05) is 22.6 Å². The third kappa shape index (κ3) is 2.33. The highest BCUT2D eigenvalue weighted by Crippen LogP contribution is 2.27. The second-order valence-corrected chi connectivity index (χ2v) is 4.36. The summed E-state index contributed by atoms with van der Waals surface area (Å²) in [6, 6.07) is 6.30. The maximum Gasteiger partial charge on any atom is 0.280 e. The Bertz CT molecular complexity index is 588. The molecule has 0 atom stereocenters. The van der Waals surface area contributed by atoms with Crippen LogP contribution in [0.15, 0.2) is 30.5 Å². The van der Waals surface area contributed by atoms with Gasteiger partial charge in [-0.15, -0.1) is 0 Å². The Labute approximate surface area is 110 Å². The van der Waals surface area contributed by atoms with Gasteiger partial charge in [0.05, 0.1) is 14.1 Å². The molecule has 0 aliphatic rings. The Kier molecular flexibility index (Phi) is 3.18. The van der Waals surface area contributed by atoms with E-state index in [9.17, 15) is 10.1 Å². The van der Waals surface area contributed by atoms with Gasteiger partial charge in [-0.3, -0.25) is 10.1 Å². The van der Waals surface area contributed by atoms with Gasteiger partial charge < -0.3 is 5.73 Å². The van der Waals surface area contributed by atoms with E-state index >= 15 is 0 Å². The molecule has 0 saturated carbocycles. The molecule has 0 bridgehead atoms. The first-order chi connectivity index (χ1) is 8.09. The summed E-state index contributed by atoms with van der Waals surface area (Å²) in [6.45, 7) is 0. The van der Waals surface area contributed by atoms with E-state index < -0.39 is 4.92 Å². The Hall–Kier alpha value is -1.77. The SMILES string of the molecule is Nc1nc(-c2ccccc2[N+](=O)[O-])ncc1I. The van der Waals surface area contributed by atoms with E-state index in [4.69, 9.17) is 5.73 Å². The fourth-order valence-electron chi connectivity index (χ4n) is 1.33. The number of nitro groups is 1. The zero-order valence-corrected chi connectivity index (χ0v) is 10.7. The summed E-state index contributed by atoms with van der Waals surface area (Å²) in [5, 5.41) is 10.9. The normalized spacial score (nSPS) is 10.2.